The number of aryl methyl sites for hydroxylation is 1. The molecule has 1 N–H and O–H groups in total. The quantitative estimate of drug-likeness (QED) is 0.359. The molecule has 0 aliphatic rings. The number of hydrogen-bond acceptors (Lipinski definition) is 3. The molecule has 0 radical (unpaired) electrons. The molecule has 0 fully saturated rings. The third-order valence-electron chi connectivity index (χ3n) is 6.18. The Hall–Kier alpha value is -3.31. The maximum absolute atomic E-state index is 12.5. The van der Waals surface area contributed by atoms with E-state index in [4.69, 9.17) is 5.11 Å². The topological polar surface area (TPSA) is 67.3 Å². The van der Waals surface area contributed by atoms with Crippen molar-refractivity contribution >= 4 is 27.7 Å². The standard InChI is InChI=1S/C28H27NO3S/c1-28(2,33(3)32)24-17-23-11-6-14-29-27(23)25(18-24)22-10-5-9-21(16-22)20-8-4-7-19(15-20)12-13-26(30)31/h4-11,14-18H,12-13H2,1-3H3,(H,30,31). The zero-order chi connectivity index (χ0) is 23.6. The van der Waals surface area contributed by atoms with Gasteiger partial charge in [-0.1, -0.05) is 48.5 Å². The van der Waals surface area contributed by atoms with E-state index < -0.39 is 21.5 Å². The Morgan fingerprint density at radius 1 is 0.939 bits per heavy atom. The summed E-state index contributed by atoms with van der Waals surface area (Å²) in [6.07, 6.45) is 4.15. The van der Waals surface area contributed by atoms with Crippen molar-refractivity contribution < 1.29 is 14.1 Å². The van der Waals surface area contributed by atoms with E-state index in [0.717, 1.165) is 44.3 Å². The Morgan fingerprint density at radius 3 is 2.36 bits per heavy atom. The van der Waals surface area contributed by atoms with Crippen molar-refractivity contribution in [3.63, 3.8) is 0 Å². The smallest absolute Gasteiger partial charge is 0.303 e. The number of rotatable bonds is 7. The molecule has 1 atom stereocenters. The van der Waals surface area contributed by atoms with Gasteiger partial charge in [-0.15, -0.1) is 0 Å². The minimum absolute atomic E-state index is 0.114. The predicted octanol–water partition coefficient (Wildman–Crippen LogP) is 6.20. The summed E-state index contributed by atoms with van der Waals surface area (Å²) in [6, 6.07) is 24.5. The lowest BCUT2D eigenvalue weighted by molar-refractivity contribution is -0.136. The Morgan fingerprint density at radius 2 is 1.64 bits per heavy atom. The van der Waals surface area contributed by atoms with Crippen LogP contribution in [0.1, 0.15) is 31.4 Å². The summed E-state index contributed by atoms with van der Waals surface area (Å²) in [7, 11) is -1.04. The average Bonchev–Trinajstić information content (AvgIpc) is 2.82. The molecule has 0 saturated carbocycles. The minimum atomic E-state index is -1.04. The highest BCUT2D eigenvalue weighted by Gasteiger charge is 2.26. The molecule has 1 aromatic heterocycles. The fourth-order valence-electron chi connectivity index (χ4n) is 3.95. The van der Waals surface area contributed by atoms with Crippen molar-refractivity contribution in [2.24, 2.45) is 0 Å². The number of nitrogens with zero attached hydrogens (tertiary/aromatic N) is 1. The van der Waals surface area contributed by atoms with Crippen LogP contribution in [-0.2, 0) is 26.8 Å². The molecule has 3 aromatic carbocycles. The number of fused-ring (bicyclic) bond motifs is 1. The van der Waals surface area contributed by atoms with Gasteiger partial charge in [-0.05, 0) is 72.4 Å². The molecule has 0 spiro atoms. The van der Waals surface area contributed by atoms with Crippen molar-refractivity contribution in [1.29, 1.82) is 0 Å². The first kappa shape index (κ1) is 22.9. The zero-order valence-corrected chi connectivity index (χ0v) is 19.9. The van der Waals surface area contributed by atoms with E-state index in [1.807, 2.05) is 50.2 Å². The normalized spacial score (nSPS) is 12.6. The molecule has 1 heterocycles. The van der Waals surface area contributed by atoms with Gasteiger partial charge in [0, 0.05) is 40.6 Å². The third-order valence-corrected chi connectivity index (χ3v) is 7.85. The Balaban J connectivity index is 1.82. The molecule has 168 valence electrons. The second-order valence-corrected chi connectivity index (χ2v) is 10.7. The number of hydrogen-bond donors (Lipinski definition) is 1. The Labute approximate surface area is 196 Å². The van der Waals surface area contributed by atoms with Gasteiger partial charge in [-0.25, -0.2) is 0 Å². The molecule has 0 aliphatic heterocycles. The molecule has 4 nitrogen and oxygen atoms in total. The van der Waals surface area contributed by atoms with Crippen molar-refractivity contribution in [3.05, 3.63) is 90.1 Å². The maximum Gasteiger partial charge on any atom is 0.303 e. The first-order chi connectivity index (χ1) is 15.8. The van der Waals surface area contributed by atoms with Gasteiger partial charge in [0.05, 0.1) is 10.3 Å². The number of aromatic nitrogens is 1. The minimum Gasteiger partial charge on any atom is -0.481 e. The van der Waals surface area contributed by atoms with Crippen molar-refractivity contribution in [3.8, 4) is 22.3 Å². The predicted molar refractivity (Wildman–Crippen MR) is 136 cm³/mol. The van der Waals surface area contributed by atoms with Crippen LogP contribution in [0.15, 0.2) is 79.0 Å². The fourth-order valence-corrected chi connectivity index (χ4v) is 4.40. The summed E-state index contributed by atoms with van der Waals surface area (Å²) in [5.41, 5.74) is 7.06. The second-order valence-electron chi connectivity index (χ2n) is 8.74. The molecule has 4 rings (SSSR count). The van der Waals surface area contributed by atoms with Crippen LogP contribution in [0.25, 0.3) is 33.2 Å². The summed E-state index contributed by atoms with van der Waals surface area (Å²) in [4.78, 5) is 15.6. The molecule has 0 amide bonds. The SMILES string of the molecule is CS(=O)C(C)(C)c1cc(-c2cccc(-c3cccc(CCC(=O)O)c3)c2)c2ncccc2c1. The largest absolute Gasteiger partial charge is 0.481 e. The van der Waals surface area contributed by atoms with Crippen LogP contribution in [-0.4, -0.2) is 26.5 Å². The van der Waals surface area contributed by atoms with Crippen LogP contribution in [0.4, 0.5) is 0 Å². The fraction of sp³-hybridized carbons (Fsp3) is 0.214. The summed E-state index contributed by atoms with van der Waals surface area (Å²) in [5.74, 6) is -0.794. The van der Waals surface area contributed by atoms with E-state index >= 15 is 0 Å². The van der Waals surface area contributed by atoms with Gasteiger partial charge in [0.25, 0.3) is 0 Å². The molecule has 0 aliphatic carbocycles. The number of carboxylic acid groups (broad SMARTS) is 1. The molecular formula is C28H27NO3S. The van der Waals surface area contributed by atoms with Crippen LogP contribution < -0.4 is 0 Å². The maximum atomic E-state index is 12.5. The molecule has 1 unspecified atom stereocenters. The van der Waals surface area contributed by atoms with Gasteiger partial charge in [0.15, 0.2) is 0 Å². The molecule has 4 aromatic rings. The van der Waals surface area contributed by atoms with Gasteiger partial charge >= 0.3 is 5.97 Å². The van der Waals surface area contributed by atoms with Crippen LogP contribution in [0.5, 0.6) is 0 Å². The van der Waals surface area contributed by atoms with Gasteiger partial charge < -0.3 is 5.11 Å². The number of pyridine rings is 1. The van der Waals surface area contributed by atoms with Crippen molar-refractivity contribution in [1.82, 2.24) is 4.98 Å². The van der Waals surface area contributed by atoms with Gasteiger partial charge in [-0.3, -0.25) is 14.0 Å². The highest BCUT2D eigenvalue weighted by molar-refractivity contribution is 7.85. The zero-order valence-electron chi connectivity index (χ0n) is 19.0. The molecular weight excluding hydrogens is 430 g/mol. The van der Waals surface area contributed by atoms with Crippen LogP contribution in [0.3, 0.4) is 0 Å². The van der Waals surface area contributed by atoms with Crippen molar-refractivity contribution in [2.45, 2.75) is 31.4 Å². The summed E-state index contributed by atoms with van der Waals surface area (Å²) < 4.78 is 12.0. The molecule has 0 bridgehead atoms. The average molecular weight is 458 g/mol. The van der Waals surface area contributed by atoms with Crippen LogP contribution in [0, 0.1) is 0 Å². The summed E-state index contributed by atoms with van der Waals surface area (Å²) in [5, 5.41) is 10.0. The number of benzene rings is 3. The molecule has 33 heavy (non-hydrogen) atoms. The lowest BCUT2D eigenvalue weighted by Crippen LogP contribution is -2.22. The highest BCUT2D eigenvalue weighted by Crippen LogP contribution is 2.36. The summed E-state index contributed by atoms with van der Waals surface area (Å²) >= 11 is 0. The van der Waals surface area contributed by atoms with Gasteiger partial charge in [-0.2, -0.15) is 0 Å². The second kappa shape index (κ2) is 9.28. The van der Waals surface area contributed by atoms with E-state index in [1.54, 1.807) is 12.5 Å². The number of carbonyl (C=O) groups is 1. The number of carboxylic acids is 1. The van der Waals surface area contributed by atoms with Gasteiger partial charge in [0.2, 0.25) is 0 Å². The monoisotopic (exact) mass is 457 g/mol. The van der Waals surface area contributed by atoms with E-state index in [9.17, 15) is 9.00 Å². The van der Waals surface area contributed by atoms with Crippen molar-refractivity contribution in [2.75, 3.05) is 6.26 Å². The Kier molecular flexibility index (Phi) is 6.43. The third kappa shape index (κ3) is 4.88. The van der Waals surface area contributed by atoms with Crippen LogP contribution >= 0.6 is 0 Å². The Bertz CT molecular complexity index is 1360. The van der Waals surface area contributed by atoms with E-state index in [-0.39, 0.29) is 6.42 Å². The first-order valence-corrected chi connectivity index (χ1v) is 12.5. The lowest BCUT2D eigenvalue weighted by atomic mass is 9.92. The van der Waals surface area contributed by atoms with E-state index in [2.05, 4.69) is 41.4 Å². The summed E-state index contributed by atoms with van der Waals surface area (Å²) in [6.45, 7) is 4.01. The molecule has 0 saturated heterocycles. The molecule has 5 heteroatoms. The lowest BCUT2D eigenvalue weighted by Gasteiger charge is -2.24. The highest BCUT2D eigenvalue weighted by atomic mass is 32.2. The van der Waals surface area contributed by atoms with Crippen LogP contribution in [0.2, 0.25) is 0 Å². The van der Waals surface area contributed by atoms with E-state index in [1.165, 1.54) is 0 Å². The first-order valence-electron chi connectivity index (χ1n) is 10.9. The van der Waals surface area contributed by atoms with E-state index in [0.29, 0.717) is 6.42 Å². The number of aliphatic carboxylic acids is 1. The van der Waals surface area contributed by atoms with Gasteiger partial charge in [0.1, 0.15) is 0 Å².